The molecular formula is C22H19FO2S. The molecule has 0 bridgehead atoms. The molecule has 4 heteroatoms. The molecule has 2 aromatic carbocycles. The molecule has 0 amide bonds. The Labute approximate surface area is 156 Å². The second-order valence-corrected chi connectivity index (χ2v) is 6.87. The highest BCUT2D eigenvalue weighted by atomic mass is 32.2. The fourth-order valence-corrected chi connectivity index (χ4v) is 3.45. The Morgan fingerprint density at radius 3 is 2.65 bits per heavy atom. The maximum atomic E-state index is 12.4. The quantitative estimate of drug-likeness (QED) is 0.339. The van der Waals surface area contributed by atoms with Crippen LogP contribution < -0.4 is 5.43 Å². The lowest BCUT2D eigenvalue weighted by Crippen LogP contribution is -2.06. The number of halogens is 1. The van der Waals surface area contributed by atoms with Crippen molar-refractivity contribution in [3.8, 4) is 11.8 Å². The van der Waals surface area contributed by atoms with Crippen LogP contribution in [0.25, 0.3) is 11.0 Å². The average molecular weight is 366 g/mol. The molecular weight excluding hydrogens is 347 g/mol. The van der Waals surface area contributed by atoms with Gasteiger partial charge in [0.05, 0.1) is 12.1 Å². The van der Waals surface area contributed by atoms with Crippen molar-refractivity contribution in [3.63, 3.8) is 0 Å². The molecule has 26 heavy (non-hydrogen) atoms. The molecule has 0 saturated heterocycles. The second kappa shape index (κ2) is 8.73. The van der Waals surface area contributed by atoms with Gasteiger partial charge in [0, 0.05) is 23.3 Å². The summed E-state index contributed by atoms with van der Waals surface area (Å²) in [4.78, 5) is 12.4. The van der Waals surface area contributed by atoms with E-state index in [0.29, 0.717) is 40.2 Å². The SMILES string of the molecule is Cc1c(SCc2ccc(C#CCCCF)cc2)oc2ccccc2c1=O. The van der Waals surface area contributed by atoms with E-state index in [1.54, 1.807) is 13.0 Å². The highest BCUT2D eigenvalue weighted by Crippen LogP contribution is 2.27. The number of para-hydroxylation sites is 1. The zero-order chi connectivity index (χ0) is 18.4. The number of benzene rings is 2. The van der Waals surface area contributed by atoms with Crippen molar-refractivity contribution in [3.05, 3.63) is 75.4 Å². The van der Waals surface area contributed by atoms with E-state index < -0.39 is 0 Å². The first kappa shape index (κ1) is 18.3. The van der Waals surface area contributed by atoms with Gasteiger partial charge in [0.2, 0.25) is 0 Å². The van der Waals surface area contributed by atoms with Crippen LogP contribution in [0, 0.1) is 18.8 Å². The third kappa shape index (κ3) is 4.36. The van der Waals surface area contributed by atoms with Crippen LogP contribution in [-0.2, 0) is 5.75 Å². The van der Waals surface area contributed by atoms with Gasteiger partial charge in [0.1, 0.15) is 5.58 Å². The topological polar surface area (TPSA) is 30.2 Å². The van der Waals surface area contributed by atoms with Gasteiger partial charge in [-0.1, -0.05) is 47.9 Å². The first-order valence-corrected chi connectivity index (χ1v) is 9.46. The molecule has 0 aliphatic heterocycles. The van der Waals surface area contributed by atoms with Gasteiger partial charge in [-0.3, -0.25) is 9.18 Å². The molecule has 3 aromatic rings. The van der Waals surface area contributed by atoms with Crippen LogP contribution in [0.15, 0.2) is 62.8 Å². The number of alkyl halides is 1. The average Bonchev–Trinajstić information content (AvgIpc) is 2.68. The Kier molecular flexibility index (Phi) is 6.14. The second-order valence-electron chi connectivity index (χ2n) is 5.92. The lowest BCUT2D eigenvalue weighted by atomic mass is 10.1. The summed E-state index contributed by atoms with van der Waals surface area (Å²) in [5.74, 6) is 6.71. The number of fused-ring (bicyclic) bond motifs is 1. The minimum absolute atomic E-state index is 0.0215. The summed E-state index contributed by atoms with van der Waals surface area (Å²) >= 11 is 1.52. The molecule has 1 heterocycles. The lowest BCUT2D eigenvalue weighted by Gasteiger charge is -2.06. The summed E-state index contributed by atoms with van der Waals surface area (Å²) in [6.45, 7) is 1.48. The Morgan fingerprint density at radius 1 is 1.12 bits per heavy atom. The van der Waals surface area contributed by atoms with Gasteiger partial charge in [-0.15, -0.1) is 0 Å². The first-order valence-electron chi connectivity index (χ1n) is 8.48. The van der Waals surface area contributed by atoms with E-state index in [2.05, 4.69) is 11.8 Å². The molecule has 0 fully saturated rings. The van der Waals surface area contributed by atoms with E-state index in [9.17, 15) is 9.18 Å². The van der Waals surface area contributed by atoms with Crippen molar-refractivity contribution in [2.24, 2.45) is 0 Å². The first-order chi connectivity index (χ1) is 12.7. The Hall–Kier alpha value is -2.51. The molecule has 0 radical (unpaired) electrons. The van der Waals surface area contributed by atoms with Crippen LogP contribution in [0.5, 0.6) is 0 Å². The molecule has 0 spiro atoms. The molecule has 0 N–H and O–H groups in total. The molecule has 2 nitrogen and oxygen atoms in total. The summed E-state index contributed by atoms with van der Waals surface area (Å²) in [7, 11) is 0. The standard InChI is InChI=1S/C22H19FO2S/c1-16-21(24)19-8-4-5-9-20(19)25-22(16)26-15-18-12-10-17(11-13-18)7-3-2-6-14-23/h4-5,8-13H,2,6,14-15H2,1H3. The number of rotatable bonds is 5. The van der Waals surface area contributed by atoms with Crippen LogP contribution >= 0.6 is 11.8 Å². The molecule has 0 atom stereocenters. The maximum Gasteiger partial charge on any atom is 0.196 e. The number of hydrogen-bond donors (Lipinski definition) is 0. The summed E-state index contributed by atoms with van der Waals surface area (Å²) < 4.78 is 17.9. The molecule has 0 saturated carbocycles. The Morgan fingerprint density at radius 2 is 1.88 bits per heavy atom. The van der Waals surface area contributed by atoms with Crippen molar-refractivity contribution in [1.29, 1.82) is 0 Å². The van der Waals surface area contributed by atoms with Gasteiger partial charge >= 0.3 is 0 Å². The fraction of sp³-hybridized carbons (Fsp3) is 0.227. The minimum Gasteiger partial charge on any atom is -0.449 e. The lowest BCUT2D eigenvalue weighted by molar-refractivity contribution is 0.477. The molecule has 0 aliphatic carbocycles. The van der Waals surface area contributed by atoms with Crippen LogP contribution in [0.2, 0.25) is 0 Å². The monoisotopic (exact) mass is 366 g/mol. The summed E-state index contributed by atoms with van der Waals surface area (Å²) in [5.41, 5.74) is 3.33. The van der Waals surface area contributed by atoms with Crippen LogP contribution in [0.3, 0.4) is 0 Å². The number of hydrogen-bond acceptors (Lipinski definition) is 3. The predicted octanol–water partition coefficient (Wildman–Crippen LogP) is 5.49. The molecule has 1 aromatic heterocycles. The predicted molar refractivity (Wildman–Crippen MR) is 105 cm³/mol. The normalized spacial score (nSPS) is 10.5. The third-order valence-electron chi connectivity index (χ3n) is 3.97. The van der Waals surface area contributed by atoms with Gasteiger partial charge in [-0.25, -0.2) is 0 Å². The van der Waals surface area contributed by atoms with Crippen LogP contribution in [-0.4, -0.2) is 6.67 Å². The van der Waals surface area contributed by atoms with E-state index in [1.807, 2.05) is 42.5 Å². The summed E-state index contributed by atoms with van der Waals surface area (Å²) in [6, 6.07) is 15.3. The largest absolute Gasteiger partial charge is 0.449 e. The van der Waals surface area contributed by atoms with Gasteiger partial charge in [-0.2, -0.15) is 0 Å². The van der Waals surface area contributed by atoms with Gasteiger partial charge in [0.25, 0.3) is 0 Å². The molecule has 0 unspecified atom stereocenters. The highest BCUT2D eigenvalue weighted by molar-refractivity contribution is 7.98. The highest BCUT2D eigenvalue weighted by Gasteiger charge is 2.11. The van der Waals surface area contributed by atoms with Gasteiger partial charge < -0.3 is 4.42 Å². The minimum atomic E-state index is -0.324. The Balaban J connectivity index is 1.71. The van der Waals surface area contributed by atoms with Crippen LogP contribution in [0.4, 0.5) is 4.39 Å². The zero-order valence-electron chi connectivity index (χ0n) is 14.5. The van der Waals surface area contributed by atoms with E-state index >= 15 is 0 Å². The third-order valence-corrected chi connectivity index (χ3v) is 5.10. The van der Waals surface area contributed by atoms with Crippen LogP contribution in [0.1, 0.15) is 29.5 Å². The number of thioether (sulfide) groups is 1. The van der Waals surface area contributed by atoms with Crippen molar-refractivity contribution in [2.75, 3.05) is 6.67 Å². The van der Waals surface area contributed by atoms with Gasteiger partial charge in [0.15, 0.2) is 10.5 Å². The van der Waals surface area contributed by atoms with E-state index in [-0.39, 0.29) is 12.1 Å². The smallest absolute Gasteiger partial charge is 0.196 e. The fourth-order valence-electron chi connectivity index (χ4n) is 2.51. The maximum absolute atomic E-state index is 12.4. The summed E-state index contributed by atoms with van der Waals surface area (Å²) in [6.07, 6.45) is 1.06. The zero-order valence-corrected chi connectivity index (χ0v) is 15.4. The van der Waals surface area contributed by atoms with Crippen molar-refractivity contribution < 1.29 is 8.81 Å². The van der Waals surface area contributed by atoms with E-state index in [1.165, 1.54) is 11.8 Å². The Bertz CT molecular complexity index is 1010. The molecule has 0 aliphatic rings. The van der Waals surface area contributed by atoms with Gasteiger partial charge in [-0.05, 0) is 43.2 Å². The molecule has 3 rings (SSSR count). The van der Waals surface area contributed by atoms with Crippen molar-refractivity contribution in [1.82, 2.24) is 0 Å². The van der Waals surface area contributed by atoms with Crippen molar-refractivity contribution >= 4 is 22.7 Å². The van der Waals surface area contributed by atoms with E-state index in [0.717, 1.165) is 11.1 Å². The molecule has 132 valence electrons. The number of unbranched alkanes of at least 4 members (excludes halogenated alkanes) is 1. The summed E-state index contributed by atoms with van der Waals surface area (Å²) in [5, 5.41) is 1.27. The van der Waals surface area contributed by atoms with Crippen molar-refractivity contribution in [2.45, 2.75) is 30.6 Å². The van der Waals surface area contributed by atoms with E-state index in [4.69, 9.17) is 4.42 Å².